The van der Waals surface area contributed by atoms with Crippen LogP contribution in [0.5, 0.6) is 5.88 Å². The van der Waals surface area contributed by atoms with Crippen LogP contribution in [0.4, 0.5) is 8.78 Å². The minimum absolute atomic E-state index is 0.153. The Morgan fingerprint density at radius 2 is 2.24 bits per heavy atom. The minimum Gasteiger partial charge on any atom is -0.443 e. The summed E-state index contributed by atoms with van der Waals surface area (Å²) >= 11 is 0. The predicted octanol–water partition coefficient (Wildman–Crippen LogP) is 2.38. The van der Waals surface area contributed by atoms with E-state index in [0.717, 1.165) is 18.8 Å². The second-order valence-corrected chi connectivity index (χ2v) is 5.47. The van der Waals surface area contributed by atoms with Crippen LogP contribution in [0.15, 0.2) is 10.9 Å². The molecule has 1 unspecified atom stereocenters. The first-order valence-electron chi connectivity index (χ1n) is 7.02. The van der Waals surface area contributed by atoms with E-state index < -0.39 is 24.1 Å². The van der Waals surface area contributed by atoms with Gasteiger partial charge >= 0.3 is 0 Å². The minimum atomic E-state index is -2.90. The van der Waals surface area contributed by atoms with Crippen molar-refractivity contribution < 1.29 is 18.6 Å². The molecule has 0 spiro atoms. The Balaban J connectivity index is 1.86. The molecule has 2 heterocycles. The first-order valence-corrected chi connectivity index (χ1v) is 7.02. The van der Waals surface area contributed by atoms with Crippen LogP contribution in [0.2, 0.25) is 0 Å². The standard InChI is InChI=1S/C14H16F2N2O3/c15-11(16)12-17-13(20)10-8(3-1-2-7-4-5-7)6-9(19)21-14(10)18-12/h6-7,9,11,19H,1-5H2,(H,17,18,20). The number of rotatable bonds is 5. The van der Waals surface area contributed by atoms with Gasteiger partial charge in [0.05, 0.1) is 0 Å². The van der Waals surface area contributed by atoms with Gasteiger partial charge in [-0.1, -0.05) is 19.3 Å². The van der Waals surface area contributed by atoms with Crippen molar-refractivity contribution in [2.45, 2.75) is 44.8 Å². The molecular formula is C14H16F2N2O3. The van der Waals surface area contributed by atoms with Gasteiger partial charge in [0.25, 0.3) is 12.0 Å². The van der Waals surface area contributed by atoms with E-state index in [4.69, 9.17) is 4.74 Å². The summed E-state index contributed by atoms with van der Waals surface area (Å²) in [6, 6.07) is 0. The van der Waals surface area contributed by atoms with Gasteiger partial charge in [-0.05, 0) is 30.4 Å². The third kappa shape index (κ3) is 3.12. The molecule has 0 bridgehead atoms. The Bertz CT molecular complexity index is 623. The zero-order chi connectivity index (χ0) is 15.0. The number of allylic oxidation sites excluding steroid dienone is 1. The highest BCUT2D eigenvalue weighted by Crippen LogP contribution is 2.36. The SMILES string of the molecule is O=c1[nH]c(C(F)F)nc2c1C(CCCC1CC1)=CC(O)O2. The number of nitrogens with zero attached hydrogens (tertiary/aromatic N) is 1. The molecule has 1 atom stereocenters. The molecule has 0 radical (unpaired) electrons. The molecule has 114 valence electrons. The highest BCUT2D eigenvalue weighted by atomic mass is 19.3. The smallest absolute Gasteiger partial charge is 0.295 e. The van der Waals surface area contributed by atoms with Crippen molar-refractivity contribution in [2.24, 2.45) is 5.92 Å². The number of hydrogen-bond donors (Lipinski definition) is 2. The van der Waals surface area contributed by atoms with Gasteiger partial charge in [0, 0.05) is 0 Å². The molecule has 1 aromatic heterocycles. The van der Waals surface area contributed by atoms with Crippen LogP contribution in [0.1, 0.15) is 49.9 Å². The van der Waals surface area contributed by atoms with Crippen molar-refractivity contribution in [2.75, 3.05) is 0 Å². The molecule has 2 N–H and O–H groups in total. The fourth-order valence-electron chi connectivity index (χ4n) is 2.54. The van der Waals surface area contributed by atoms with E-state index in [0.29, 0.717) is 12.0 Å². The normalized spacial score (nSPS) is 21.0. The lowest BCUT2D eigenvalue weighted by molar-refractivity contribution is 0.0171. The van der Waals surface area contributed by atoms with Gasteiger partial charge in [-0.2, -0.15) is 4.98 Å². The van der Waals surface area contributed by atoms with Crippen LogP contribution < -0.4 is 10.3 Å². The van der Waals surface area contributed by atoms with Gasteiger partial charge in [0.15, 0.2) is 5.82 Å². The van der Waals surface area contributed by atoms with E-state index in [-0.39, 0.29) is 11.4 Å². The largest absolute Gasteiger partial charge is 0.443 e. The number of aliphatic hydroxyl groups excluding tert-OH is 1. The Hall–Kier alpha value is -1.76. The lowest BCUT2D eigenvalue weighted by Gasteiger charge is -2.21. The van der Waals surface area contributed by atoms with Crippen molar-refractivity contribution >= 4 is 5.57 Å². The molecule has 0 aromatic carbocycles. The number of fused-ring (bicyclic) bond motifs is 1. The number of alkyl halides is 2. The van der Waals surface area contributed by atoms with Crippen molar-refractivity contribution in [3.63, 3.8) is 0 Å². The average molecular weight is 298 g/mol. The van der Waals surface area contributed by atoms with E-state index in [1.807, 2.05) is 0 Å². The second-order valence-electron chi connectivity index (χ2n) is 5.47. The maximum atomic E-state index is 12.6. The van der Waals surface area contributed by atoms with Crippen LogP contribution in [-0.2, 0) is 0 Å². The van der Waals surface area contributed by atoms with E-state index in [1.54, 1.807) is 0 Å². The molecule has 0 amide bonds. The first kappa shape index (κ1) is 14.2. The predicted molar refractivity (Wildman–Crippen MR) is 71.0 cm³/mol. The van der Waals surface area contributed by atoms with Crippen molar-refractivity contribution in [3.05, 3.63) is 27.8 Å². The third-order valence-corrected chi connectivity index (χ3v) is 3.76. The maximum absolute atomic E-state index is 12.6. The van der Waals surface area contributed by atoms with Gasteiger partial charge in [-0.15, -0.1) is 0 Å². The second kappa shape index (κ2) is 5.55. The Labute approximate surface area is 119 Å². The summed E-state index contributed by atoms with van der Waals surface area (Å²) in [6.45, 7) is 0. The Kier molecular flexibility index (Phi) is 3.75. The highest BCUT2D eigenvalue weighted by molar-refractivity contribution is 5.70. The summed E-state index contributed by atoms with van der Waals surface area (Å²) in [7, 11) is 0. The van der Waals surface area contributed by atoms with Gasteiger partial charge in [0.2, 0.25) is 12.2 Å². The summed E-state index contributed by atoms with van der Waals surface area (Å²) in [6.07, 6.45) is 2.35. The molecule has 3 rings (SSSR count). The number of halogens is 2. The summed E-state index contributed by atoms with van der Waals surface area (Å²) in [5.74, 6) is -0.192. The summed E-state index contributed by atoms with van der Waals surface area (Å²) in [5, 5.41) is 9.63. The molecule has 7 heteroatoms. The van der Waals surface area contributed by atoms with Crippen molar-refractivity contribution in [3.8, 4) is 5.88 Å². The van der Waals surface area contributed by atoms with Crippen LogP contribution in [0.3, 0.4) is 0 Å². The lowest BCUT2D eigenvalue weighted by Crippen LogP contribution is -2.26. The van der Waals surface area contributed by atoms with E-state index in [2.05, 4.69) is 9.97 Å². The quantitative estimate of drug-likeness (QED) is 0.875. The summed E-state index contributed by atoms with van der Waals surface area (Å²) in [4.78, 5) is 17.7. The number of aromatic nitrogens is 2. The van der Waals surface area contributed by atoms with Gasteiger partial charge < -0.3 is 14.8 Å². The number of hydrogen-bond acceptors (Lipinski definition) is 4. The topological polar surface area (TPSA) is 75.2 Å². The molecule has 2 aliphatic rings. The fourth-order valence-corrected chi connectivity index (χ4v) is 2.54. The van der Waals surface area contributed by atoms with Crippen LogP contribution in [0, 0.1) is 5.92 Å². The molecule has 0 saturated heterocycles. The molecule has 5 nitrogen and oxygen atoms in total. The summed E-state index contributed by atoms with van der Waals surface area (Å²) in [5.41, 5.74) is 0.110. The van der Waals surface area contributed by atoms with Crippen LogP contribution in [-0.4, -0.2) is 21.4 Å². The maximum Gasteiger partial charge on any atom is 0.295 e. The first-order chi connectivity index (χ1) is 10.0. The number of aromatic amines is 1. The monoisotopic (exact) mass is 298 g/mol. The zero-order valence-electron chi connectivity index (χ0n) is 11.3. The Morgan fingerprint density at radius 1 is 1.48 bits per heavy atom. The summed E-state index contributed by atoms with van der Waals surface area (Å²) < 4.78 is 30.3. The molecule has 1 fully saturated rings. The number of aliphatic hydroxyl groups is 1. The molecule has 1 aromatic rings. The van der Waals surface area contributed by atoms with E-state index >= 15 is 0 Å². The van der Waals surface area contributed by atoms with Gasteiger partial charge in [0.1, 0.15) is 5.56 Å². The molecule has 21 heavy (non-hydrogen) atoms. The van der Waals surface area contributed by atoms with E-state index in [9.17, 15) is 18.7 Å². The van der Waals surface area contributed by atoms with Crippen molar-refractivity contribution in [1.29, 1.82) is 0 Å². The number of H-pyrrole nitrogens is 1. The molecular weight excluding hydrogens is 282 g/mol. The van der Waals surface area contributed by atoms with Gasteiger partial charge in [-0.3, -0.25) is 4.79 Å². The molecule has 1 aliphatic heterocycles. The number of nitrogens with one attached hydrogen (secondary N) is 1. The number of ether oxygens (including phenoxy) is 1. The van der Waals surface area contributed by atoms with Crippen LogP contribution >= 0.6 is 0 Å². The van der Waals surface area contributed by atoms with Crippen LogP contribution in [0.25, 0.3) is 5.57 Å². The zero-order valence-corrected chi connectivity index (χ0v) is 11.3. The average Bonchev–Trinajstić information content (AvgIpc) is 3.21. The fraction of sp³-hybridized carbons (Fsp3) is 0.571. The molecule has 1 aliphatic carbocycles. The highest BCUT2D eigenvalue weighted by Gasteiger charge is 2.27. The van der Waals surface area contributed by atoms with E-state index in [1.165, 1.54) is 18.9 Å². The third-order valence-electron chi connectivity index (χ3n) is 3.76. The molecule has 1 saturated carbocycles. The van der Waals surface area contributed by atoms with Crippen molar-refractivity contribution in [1.82, 2.24) is 9.97 Å². The lowest BCUT2D eigenvalue weighted by atomic mass is 9.99. The van der Waals surface area contributed by atoms with Gasteiger partial charge in [-0.25, -0.2) is 8.78 Å². The Morgan fingerprint density at radius 3 is 2.90 bits per heavy atom.